The Kier molecular flexibility index (Phi) is 42.0. The average Bonchev–Trinajstić information content (AvgIpc) is 3.85. The number of amides is 2. The molecule has 0 aliphatic heterocycles. The number of hydrogen-bond acceptors (Lipinski definition) is 10. The van der Waals surface area contributed by atoms with E-state index in [0.29, 0.717) is 70.5 Å². The number of nitrogens with zero attached hydrogens (tertiary/aromatic N) is 3. The molecule has 2 atom stereocenters. The molecular formula is C54H99N9O6. The molecule has 1 heterocycles. The van der Waals surface area contributed by atoms with Gasteiger partial charge in [0.25, 0.3) is 0 Å². The number of nitrogens with one attached hydrogen (secondary N) is 3. The number of nitrogens with two attached hydrogens (primary N) is 3. The summed E-state index contributed by atoms with van der Waals surface area (Å²) in [6, 6.07) is -1.72. The Bertz CT molecular complexity index is 1480. The molecule has 0 aliphatic carbocycles. The number of H-pyrrole nitrogens is 1. The molecular weight excluding hydrogens is 871 g/mol. The number of aromatic amines is 1. The minimum Gasteiger partial charge on any atom is -0.464 e. The molecule has 0 unspecified atom stereocenters. The quantitative estimate of drug-likeness (QED) is 0.0118. The summed E-state index contributed by atoms with van der Waals surface area (Å²) in [4.78, 5) is 64.7. The van der Waals surface area contributed by atoms with Gasteiger partial charge in [-0.2, -0.15) is 0 Å². The molecule has 0 aliphatic rings. The van der Waals surface area contributed by atoms with Gasteiger partial charge in [0.05, 0.1) is 12.4 Å². The van der Waals surface area contributed by atoms with Gasteiger partial charge in [-0.25, -0.2) is 4.98 Å². The summed E-state index contributed by atoms with van der Waals surface area (Å²) in [6.07, 6.45) is 44.7. The summed E-state index contributed by atoms with van der Waals surface area (Å²) in [7, 11) is 0. The molecule has 0 saturated heterocycles. The van der Waals surface area contributed by atoms with Gasteiger partial charge in [0.1, 0.15) is 19.3 Å². The normalized spacial score (nSPS) is 12.4. The topological polar surface area (TPSA) is 233 Å². The third-order valence-electron chi connectivity index (χ3n) is 12.2. The molecule has 69 heavy (non-hydrogen) atoms. The lowest BCUT2D eigenvalue weighted by atomic mass is 10.1. The first-order chi connectivity index (χ1) is 33.7. The molecule has 0 aromatic carbocycles. The van der Waals surface area contributed by atoms with Crippen molar-refractivity contribution in [2.45, 2.75) is 225 Å². The number of carbonyl (C=O) groups is 4. The zero-order valence-corrected chi connectivity index (χ0v) is 43.5. The number of allylic oxidation sites excluding steroid dienone is 4. The second-order valence-electron chi connectivity index (χ2n) is 18.6. The van der Waals surface area contributed by atoms with E-state index < -0.39 is 18.0 Å². The predicted molar refractivity (Wildman–Crippen MR) is 282 cm³/mol. The second-order valence-corrected chi connectivity index (χ2v) is 18.6. The highest BCUT2D eigenvalue weighted by molar-refractivity contribution is 5.89. The van der Waals surface area contributed by atoms with Crippen LogP contribution in [0.15, 0.2) is 41.8 Å². The van der Waals surface area contributed by atoms with E-state index in [-0.39, 0.29) is 43.4 Å². The number of esters is 2. The van der Waals surface area contributed by atoms with Crippen LogP contribution in [0.4, 0.5) is 0 Å². The molecule has 1 rings (SSSR count). The summed E-state index contributed by atoms with van der Waals surface area (Å²) < 4.78 is 11.3. The Morgan fingerprint density at radius 2 is 1.13 bits per heavy atom. The van der Waals surface area contributed by atoms with Crippen LogP contribution < -0.4 is 27.8 Å². The molecule has 0 fully saturated rings. The lowest BCUT2D eigenvalue weighted by molar-refractivity contribution is -0.144. The smallest absolute Gasteiger partial charge is 0.305 e. The minimum absolute atomic E-state index is 0.0253. The molecule has 396 valence electrons. The molecule has 0 bridgehead atoms. The van der Waals surface area contributed by atoms with Crippen molar-refractivity contribution < 1.29 is 28.7 Å². The molecule has 1 aromatic rings. The van der Waals surface area contributed by atoms with Gasteiger partial charge in [-0.1, -0.05) is 134 Å². The number of unbranched alkanes of at least 4 members (excludes halogenated alkanes) is 21. The average molecular weight is 970 g/mol. The van der Waals surface area contributed by atoms with Crippen molar-refractivity contribution in [1.82, 2.24) is 25.5 Å². The molecule has 0 spiro atoms. The Morgan fingerprint density at radius 3 is 1.59 bits per heavy atom. The van der Waals surface area contributed by atoms with Gasteiger partial charge in [-0.15, -0.1) is 0 Å². The fourth-order valence-electron chi connectivity index (χ4n) is 7.95. The summed E-state index contributed by atoms with van der Waals surface area (Å²) in [6.45, 7) is 7.14. The van der Waals surface area contributed by atoms with Gasteiger partial charge in [-0.3, -0.25) is 29.1 Å². The van der Waals surface area contributed by atoms with Gasteiger partial charge >= 0.3 is 11.9 Å². The fraction of sp³-hybridized carbons (Fsp3) is 0.778. The standard InChI is InChI=1S/C54H99N9O6/c1-3-5-7-9-11-13-15-17-19-21-23-25-27-29-31-36-51(65)69-43-41-63(40-42-68-50(64)35-30-28-26-24-22-20-18-16-14-12-10-8-6-4-2)39-33-38-59-53(67)49(44-47-45-58-46-61-47)62-52(66)48(55)34-32-37-60-54(56)57/h17-20,45-46,48-49H,3-16,21-44,55H2,1-2H3,(H,58,61)(H,59,67)(H,62,66)(H4,56,57,60)/b19-17-,20-18+/t48-,49-/m0/s1. The number of ether oxygens (including phenoxy) is 2. The van der Waals surface area contributed by atoms with Crippen molar-refractivity contribution in [3.63, 3.8) is 0 Å². The number of aliphatic imine (C=N–C) groups is 1. The Labute approximate surface area is 418 Å². The van der Waals surface area contributed by atoms with Crippen molar-refractivity contribution >= 4 is 29.7 Å². The highest BCUT2D eigenvalue weighted by Crippen LogP contribution is 2.12. The molecule has 9 N–H and O–H groups in total. The molecule has 15 nitrogen and oxygen atoms in total. The van der Waals surface area contributed by atoms with E-state index in [0.717, 1.165) is 57.8 Å². The minimum atomic E-state index is -0.880. The number of guanidine groups is 1. The second kappa shape index (κ2) is 46.2. The number of aromatic nitrogens is 2. The van der Waals surface area contributed by atoms with Crippen molar-refractivity contribution in [3.8, 4) is 0 Å². The van der Waals surface area contributed by atoms with Crippen LogP contribution in [-0.2, 0) is 35.1 Å². The maximum absolute atomic E-state index is 13.4. The lowest BCUT2D eigenvalue weighted by Crippen LogP contribution is -2.52. The number of rotatable bonds is 48. The van der Waals surface area contributed by atoms with Crippen LogP contribution in [0.1, 0.15) is 212 Å². The SMILES string of the molecule is CCCCCCCC/C=C\CCCCCCCC(=O)OCCN(CCCNC(=O)[C@H](Cc1cnc[nH]1)NC(=O)[C@@H](N)CCCN=C(N)N)CCOC(=O)CCCCCC/C=C/CCCCCCCC. The van der Waals surface area contributed by atoms with E-state index in [1.54, 1.807) is 6.20 Å². The van der Waals surface area contributed by atoms with Crippen molar-refractivity contribution in [2.75, 3.05) is 45.9 Å². The van der Waals surface area contributed by atoms with E-state index in [9.17, 15) is 19.2 Å². The molecule has 0 saturated carbocycles. The highest BCUT2D eigenvalue weighted by atomic mass is 16.5. The fourth-order valence-corrected chi connectivity index (χ4v) is 7.95. The molecule has 1 aromatic heterocycles. The number of hydrogen-bond donors (Lipinski definition) is 6. The van der Waals surface area contributed by atoms with Gasteiger partial charge in [0.15, 0.2) is 5.96 Å². The van der Waals surface area contributed by atoms with E-state index in [1.807, 2.05) is 0 Å². The van der Waals surface area contributed by atoms with E-state index in [4.69, 9.17) is 26.7 Å². The monoisotopic (exact) mass is 970 g/mol. The maximum atomic E-state index is 13.4. The number of carbonyl (C=O) groups excluding carboxylic acids is 4. The van der Waals surface area contributed by atoms with Crippen LogP contribution in [0.25, 0.3) is 0 Å². The van der Waals surface area contributed by atoms with Crippen LogP contribution in [-0.4, -0.2) is 103 Å². The van der Waals surface area contributed by atoms with Crippen LogP contribution >= 0.6 is 0 Å². The van der Waals surface area contributed by atoms with Gasteiger partial charge in [-0.05, 0) is 83.5 Å². The van der Waals surface area contributed by atoms with Gasteiger partial charge in [0.2, 0.25) is 11.8 Å². The third-order valence-corrected chi connectivity index (χ3v) is 12.2. The summed E-state index contributed by atoms with van der Waals surface area (Å²) in [5.74, 6) is -1.23. The molecule has 15 heteroatoms. The Hall–Kier alpha value is -4.24. The van der Waals surface area contributed by atoms with Crippen molar-refractivity contribution in [3.05, 3.63) is 42.5 Å². The first-order valence-electron chi connectivity index (χ1n) is 27.4. The summed E-state index contributed by atoms with van der Waals surface area (Å²) in [5, 5.41) is 5.75. The van der Waals surface area contributed by atoms with Crippen LogP contribution in [0.2, 0.25) is 0 Å². The van der Waals surface area contributed by atoms with Crippen LogP contribution in [0, 0.1) is 0 Å². The van der Waals surface area contributed by atoms with Crippen molar-refractivity contribution in [2.24, 2.45) is 22.2 Å². The first kappa shape index (κ1) is 62.8. The van der Waals surface area contributed by atoms with Crippen LogP contribution in [0.3, 0.4) is 0 Å². The van der Waals surface area contributed by atoms with Crippen LogP contribution in [0.5, 0.6) is 0 Å². The number of imidazole rings is 1. The van der Waals surface area contributed by atoms with Gasteiger partial charge < -0.3 is 42.3 Å². The third kappa shape index (κ3) is 40.2. The van der Waals surface area contributed by atoms with E-state index in [2.05, 4.69) is 68.6 Å². The van der Waals surface area contributed by atoms with E-state index >= 15 is 0 Å². The maximum Gasteiger partial charge on any atom is 0.305 e. The first-order valence-corrected chi connectivity index (χ1v) is 27.4. The highest BCUT2D eigenvalue weighted by Gasteiger charge is 2.24. The Morgan fingerprint density at radius 1 is 0.652 bits per heavy atom. The zero-order chi connectivity index (χ0) is 50.3. The van der Waals surface area contributed by atoms with Gasteiger partial charge in [0, 0.05) is 63.9 Å². The predicted octanol–water partition coefficient (Wildman–Crippen LogP) is 9.40. The Balaban J connectivity index is 2.54. The summed E-state index contributed by atoms with van der Waals surface area (Å²) >= 11 is 0. The summed E-state index contributed by atoms with van der Waals surface area (Å²) in [5.41, 5.74) is 17.6. The zero-order valence-electron chi connectivity index (χ0n) is 43.5. The van der Waals surface area contributed by atoms with Crippen molar-refractivity contribution in [1.29, 1.82) is 0 Å². The molecule has 0 radical (unpaired) electrons. The van der Waals surface area contributed by atoms with E-state index in [1.165, 1.54) is 109 Å². The lowest BCUT2D eigenvalue weighted by Gasteiger charge is -2.23. The molecule has 2 amide bonds. The largest absolute Gasteiger partial charge is 0.464 e.